The van der Waals surface area contributed by atoms with Gasteiger partial charge < -0.3 is 25.4 Å². The SMILES string of the molecule is COc1ccc(/C=C(\NC(=O)c2ccccc2)C(=O)Nc2ccc(SC(C)C(=O)Nc3nc(C)cs3)cc2)c(OC)c1. The number of thioether (sulfide) groups is 1. The smallest absolute Gasteiger partial charge is 0.272 e. The maximum Gasteiger partial charge on any atom is 0.272 e. The van der Waals surface area contributed by atoms with E-state index in [4.69, 9.17) is 9.47 Å². The molecule has 0 saturated carbocycles. The monoisotopic (exact) mass is 602 g/mol. The molecule has 1 aromatic heterocycles. The first-order chi connectivity index (χ1) is 20.2. The molecule has 0 fully saturated rings. The van der Waals surface area contributed by atoms with Crippen molar-refractivity contribution in [3.8, 4) is 11.5 Å². The van der Waals surface area contributed by atoms with E-state index in [1.807, 2.05) is 31.4 Å². The van der Waals surface area contributed by atoms with E-state index in [-0.39, 0.29) is 16.9 Å². The van der Waals surface area contributed by atoms with Crippen molar-refractivity contribution in [1.82, 2.24) is 10.3 Å². The van der Waals surface area contributed by atoms with Gasteiger partial charge in [-0.1, -0.05) is 18.2 Å². The van der Waals surface area contributed by atoms with Gasteiger partial charge in [0.15, 0.2) is 5.13 Å². The summed E-state index contributed by atoms with van der Waals surface area (Å²) in [5.41, 5.74) is 2.37. The van der Waals surface area contributed by atoms with Crippen LogP contribution < -0.4 is 25.4 Å². The van der Waals surface area contributed by atoms with Crippen LogP contribution in [0.5, 0.6) is 11.5 Å². The van der Waals surface area contributed by atoms with Gasteiger partial charge in [-0.3, -0.25) is 14.4 Å². The molecule has 0 aliphatic rings. The van der Waals surface area contributed by atoms with E-state index < -0.39 is 11.8 Å². The summed E-state index contributed by atoms with van der Waals surface area (Å²) in [6, 6.07) is 20.9. The maximum absolute atomic E-state index is 13.4. The maximum atomic E-state index is 13.4. The molecule has 3 amide bonds. The largest absolute Gasteiger partial charge is 0.497 e. The fraction of sp³-hybridized carbons (Fsp3) is 0.161. The van der Waals surface area contributed by atoms with E-state index in [0.29, 0.717) is 33.4 Å². The number of thiazole rings is 1. The van der Waals surface area contributed by atoms with E-state index in [0.717, 1.165) is 10.6 Å². The summed E-state index contributed by atoms with van der Waals surface area (Å²) in [6.07, 6.45) is 1.54. The van der Waals surface area contributed by atoms with E-state index in [2.05, 4.69) is 20.9 Å². The van der Waals surface area contributed by atoms with E-state index in [1.165, 1.54) is 30.2 Å². The highest BCUT2D eigenvalue weighted by molar-refractivity contribution is 8.00. The van der Waals surface area contributed by atoms with Crippen LogP contribution in [0, 0.1) is 6.92 Å². The van der Waals surface area contributed by atoms with Gasteiger partial charge in [0.1, 0.15) is 17.2 Å². The Morgan fingerprint density at radius 2 is 1.69 bits per heavy atom. The van der Waals surface area contributed by atoms with Gasteiger partial charge in [0.25, 0.3) is 11.8 Å². The minimum Gasteiger partial charge on any atom is -0.497 e. The Kier molecular flexibility index (Phi) is 10.4. The van der Waals surface area contributed by atoms with E-state index in [1.54, 1.807) is 73.8 Å². The lowest BCUT2D eigenvalue weighted by Crippen LogP contribution is -2.30. The molecule has 1 heterocycles. The molecule has 4 aromatic rings. The fourth-order valence-electron chi connectivity index (χ4n) is 3.73. The third-order valence-corrected chi connectivity index (χ3v) is 7.90. The third kappa shape index (κ3) is 8.21. The predicted molar refractivity (Wildman–Crippen MR) is 167 cm³/mol. The number of nitrogens with one attached hydrogen (secondary N) is 3. The summed E-state index contributed by atoms with van der Waals surface area (Å²) >= 11 is 2.77. The van der Waals surface area contributed by atoms with Crippen molar-refractivity contribution in [2.24, 2.45) is 0 Å². The van der Waals surface area contributed by atoms with Crippen LogP contribution in [0.4, 0.5) is 10.8 Å². The third-order valence-electron chi connectivity index (χ3n) is 5.91. The number of aryl methyl sites for hydroxylation is 1. The number of aromatic nitrogens is 1. The molecule has 0 aliphatic heterocycles. The van der Waals surface area contributed by atoms with Crippen LogP contribution in [0.1, 0.15) is 28.5 Å². The molecular formula is C31H30N4O5S2. The van der Waals surface area contributed by atoms with Crippen LogP contribution in [0.2, 0.25) is 0 Å². The molecule has 1 atom stereocenters. The molecule has 1 unspecified atom stereocenters. The number of methoxy groups -OCH3 is 2. The Morgan fingerprint density at radius 1 is 0.952 bits per heavy atom. The molecule has 0 bridgehead atoms. The van der Waals surface area contributed by atoms with Gasteiger partial charge in [0, 0.05) is 33.2 Å². The number of hydrogen-bond acceptors (Lipinski definition) is 8. The predicted octanol–water partition coefficient (Wildman–Crippen LogP) is 6.00. The normalized spacial score (nSPS) is 11.8. The molecule has 3 aromatic carbocycles. The van der Waals surface area contributed by atoms with Crippen molar-refractivity contribution >= 4 is 57.7 Å². The number of carbonyl (C=O) groups is 3. The highest BCUT2D eigenvalue weighted by atomic mass is 32.2. The van der Waals surface area contributed by atoms with Crippen LogP contribution >= 0.6 is 23.1 Å². The Bertz CT molecular complexity index is 1590. The minimum absolute atomic E-state index is 0.0217. The molecule has 4 rings (SSSR count). The summed E-state index contributed by atoms with van der Waals surface area (Å²) in [4.78, 5) is 44.0. The van der Waals surface area contributed by atoms with Crippen LogP contribution in [-0.2, 0) is 9.59 Å². The van der Waals surface area contributed by atoms with E-state index in [9.17, 15) is 14.4 Å². The molecule has 0 spiro atoms. The Morgan fingerprint density at radius 3 is 2.33 bits per heavy atom. The molecular weight excluding hydrogens is 572 g/mol. The van der Waals surface area contributed by atoms with Crippen molar-refractivity contribution in [2.45, 2.75) is 24.0 Å². The molecule has 216 valence electrons. The van der Waals surface area contributed by atoms with Crippen molar-refractivity contribution in [3.63, 3.8) is 0 Å². The van der Waals surface area contributed by atoms with Gasteiger partial charge in [0.2, 0.25) is 5.91 Å². The van der Waals surface area contributed by atoms with Crippen molar-refractivity contribution < 1.29 is 23.9 Å². The van der Waals surface area contributed by atoms with Crippen LogP contribution in [0.25, 0.3) is 6.08 Å². The van der Waals surface area contributed by atoms with Crippen molar-refractivity contribution in [3.05, 3.63) is 101 Å². The molecule has 0 aliphatic carbocycles. The van der Waals surface area contributed by atoms with E-state index >= 15 is 0 Å². The van der Waals surface area contributed by atoms with Gasteiger partial charge in [0.05, 0.1) is 25.2 Å². The molecule has 11 heteroatoms. The highest BCUT2D eigenvalue weighted by Crippen LogP contribution is 2.28. The van der Waals surface area contributed by atoms with Gasteiger partial charge in [-0.05, 0) is 68.5 Å². The number of anilines is 2. The summed E-state index contributed by atoms with van der Waals surface area (Å²) in [5, 5.41) is 10.5. The second-order valence-electron chi connectivity index (χ2n) is 9.01. The zero-order chi connectivity index (χ0) is 30.1. The summed E-state index contributed by atoms with van der Waals surface area (Å²) in [5.74, 6) is -0.0467. The zero-order valence-electron chi connectivity index (χ0n) is 23.5. The van der Waals surface area contributed by atoms with Gasteiger partial charge in [-0.25, -0.2) is 4.98 Å². The van der Waals surface area contributed by atoms with Crippen LogP contribution in [0.3, 0.4) is 0 Å². The number of nitrogens with zero attached hydrogens (tertiary/aromatic N) is 1. The van der Waals surface area contributed by atoms with Gasteiger partial charge in [-0.15, -0.1) is 23.1 Å². The number of benzene rings is 3. The lowest BCUT2D eigenvalue weighted by Gasteiger charge is -2.14. The lowest BCUT2D eigenvalue weighted by atomic mass is 10.1. The summed E-state index contributed by atoms with van der Waals surface area (Å²) in [7, 11) is 3.06. The molecule has 0 radical (unpaired) electrons. The number of hydrogen-bond donors (Lipinski definition) is 3. The van der Waals surface area contributed by atoms with Crippen LogP contribution in [0.15, 0.2) is 88.8 Å². The first kappa shape index (κ1) is 30.4. The van der Waals surface area contributed by atoms with Crippen molar-refractivity contribution in [2.75, 3.05) is 24.9 Å². The zero-order valence-corrected chi connectivity index (χ0v) is 25.1. The highest BCUT2D eigenvalue weighted by Gasteiger charge is 2.18. The second kappa shape index (κ2) is 14.3. The summed E-state index contributed by atoms with van der Waals surface area (Å²) in [6.45, 7) is 3.69. The average molecular weight is 603 g/mol. The number of ether oxygens (including phenoxy) is 2. The van der Waals surface area contributed by atoms with Gasteiger partial charge >= 0.3 is 0 Å². The second-order valence-corrected chi connectivity index (χ2v) is 11.3. The Labute approximate surface area is 252 Å². The summed E-state index contributed by atoms with van der Waals surface area (Å²) < 4.78 is 10.7. The number of amides is 3. The Balaban J connectivity index is 1.49. The number of rotatable bonds is 11. The molecule has 9 nitrogen and oxygen atoms in total. The topological polar surface area (TPSA) is 119 Å². The molecule has 42 heavy (non-hydrogen) atoms. The quantitative estimate of drug-likeness (QED) is 0.142. The fourth-order valence-corrected chi connectivity index (χ4v) is 5.29. The van der Waals surface area contributed by atoms with Gasteiger partial charge in [-0.2, -0.15) is 0 Å². The first-order valence-corrected chi connectivity index (χ1v) is 14.6. The average Bonchev–Trinajstić information content (AvgIpc) is 3.42. The van der Waals surface area contributed by atoms with Crippen molar-refractivity contribution in [1.29, 1.82) is 0 Å². The molecule has 0 saturated heterocycles. The minimum atomic E-state index is -0.524. The molecule has 3 N–H and O–H groups in total. The standard InChI is InChI=1S/C31H30N4O5S2/c1-19-18-41-31(32-19)35-28(36)20(2)42-25-14-11-23(12-15-25)33-30(38)26(34-29(37)21-8-6-5-7-9-21)16-22-10-13-24(39-3)17-27(22)40-4/h5-18,20H,1-4H3,(H,33,38)(H,34,37)(H,32,35,36)/b26-16-. The number of carbonyl (C=O) groups excluding carboxylic acids is 3. The Hall–Kier alpha value is -4.61. The van der Waals surface area contributed by atoms with Crippen LogP contribution in [-0.4, -0.2) is 42.2 Å². The first-order valence-electron chi connectivity index (χ1n) is 12.9. The lowest BCUT2D eigenvalue weighted by molar-refractivity contribution is -0.115.